The third kappa shape index (κ3) is 1.79. The molecule has 1 nitrogen and oxygen atoms in total. The van der Waals surface area contributed by atoms with Crippen molar-refractivity contribution in [2.45, 2.75) is 20.3 Å². The minimum absolute atomic E-state index is 1.02. The molecule has 2 heterocycles. The van der Waals surface area contributed by atoms with Crippen molar-refractivity contribution in [1.29, 1.82) is 0 Å². The highest BCUT2D eigenvalue weighted by atomic mass is 32.1. The van der Waals surface area contributed by atoms with E-state index in [2.05, 4.69) is 48.5 Å². The summed E-state index contributed by atoms with van der Waals surface area (Å²) in [6, 6.07) is 8.58. The molecule has 0 atom stereocenters. The van der Waals surface area contributed by atoms with Crippen molar-refractivity contribution >= 4 is 32.8 Å². The Kier molecular flexibility index (Phi) is 2.73. The lowest BCUT2D eigenvalue weighted by molar-refractivity contribution is 1.10. The lowest BCUT2D eigenvalue weighted by atomic mass is 10.1. The number of fused-ring (bicyclic) bond motifs is 1. The van der Waals surface area contributed by atoms with E-state index in [0.717, 1.165) is 12.1 Å². The molecule has 0 aliphatic rings. The smallest absolute Gasteiger partial charge is 0.0930 e. The normalized spacial score (nSPS) is 11.2. The van der Waals surface area contributed by atoms with Crippen molar-refractivity contribution in [3.8, 4) is 10.6 Å². The van der Waals surface area contributed by atoms with Crippen LogP contribution in [0.5, 0.6) is 0 Å². The zero-order valence-corrected chi connectivity index (χ0v) is 11.5. The lowest BCUT2D eigenvalue weighted by Crippen LogP contribution is -1.79. The maximum absolute atomic E-state index is 4.68. The average Bonchev–Trinajstić information content (AvgIpc) is 2.95. The van der Waals surface area contributed by atoms with Gasteiger partial charge in [-0.25, -0.2) is 4.98 Å². The van der Waals surface area contributed by atoms with Gasteiger partial charge < -0.3 is 0 Å². The molecule has 0 aliphatic carbocycles. The summed E-state index contributed by atoms with van der Waals surface area (Å²) in [6.07, 6.45) is 1.02. The van der Waals surface area contributed by atoms with Gasteiger partial charge in [-0.2, -0.15) is 0 Å². The number of hydrogen-bond donors (Lipinski definition) is 0. The van der Waals surface area contributed by atoms with Crippen molar-refractivity contribution in [3.63, 3.8) is 0 Å². The van der Waals surface area contributed by atoms with Crippen LogP contribution in [0.2, 0.25) is 0 Å². The monoisotopic (exact) mass is 259 g/mol. The number of rotatable bonds is 2. The molecule has 2 aromatic heterocycles. The predicted octanol–water partition coefficient (Wildman–Crippen LogP) is 4.90. The Hall–Kier alpha value is -1.19. The Morgan fingerprint density at radius 2 is 2.06 bits per heavy atom. The first-order valence-electron chi connectivity index (χ1n) is 5.72. The van der Waals surface area contributed by atoms with Gasteiger partial charge in [0.1, 0.15) is 0 Å². The molecule has 0 saturated carbocycles. The van der Waals surface area contributed by atoms with Crippen LogP contribution in [0.15, 0.2) is 29.6 Å². The molecule has 0 spiro atoms. The molecule has 0 unspecified atom stereocenters. The molecule has 0 bridgehead atoms. The number of benzene rings is 1. The largest absolute Gasteiger partial charge is 0.240 e. The molecule has 1 aromatic carbocycles. The number of aromatic nitrogens is 1. The molecular weight excluding hydrogens is 246 g/mol. The first kappa shape index (κ1) is 10.9. The van der Waals surface area contributed by atoms with Crippen molar-refractivity contribution in [2.75, 3.05) is 0 Å². The second-order valence-corrected chi connectivity index (χ2v) is 6.03. The van der Waals surface area contributed by atoms with Crippen LogP contribution < -0.4 is 0 Å². The fourth-order valence-electron chi connectivity index (χ4n) is 2.00. The second-order valence-electron chi connectivity index (χ2n) is 4.03. The van der Waals surface area contributed by atoms with Gasteiger partial charge in [0.2, 0.25) is 0 Å². The maximum Gasteiger partial charge on any atom is 0.0930 e. The van der Waals surface area contributed by atoms with Crippen LogP contribution in [0, 0.1) is 6.92 Å². The minimum Gasteiger partial charge on any atom is -0.240 e. The number of thiophene rings is 1. The Morgan fingerprint density at radius 3 is 2.76 bits per heavy atom. The van der Waals surface area contributed by atoms with Gasteiger partial charge in [-0.3, -0.25) is 0 Å². The standard InChI is InChI=1S/C14H13NS2/c1-3-13-15-11(8-16-13)14-9(2)10-6-4-5-7-12(10)17-14/h4-8H,3H2,1-2H3. The summed E-state index contributed by atoms with van der Waals surface area (Å²) in [4.78, 5) is 6.01. The van der Waals surface area contributed by atoms with E-state index in [1.54, 1.807) is 11.3 Å². The van der Waals surface area contributed by atoms with Gasteiger partial charge in [-0.05, 0) is 30.4 Å². The highest BCUT2D eigenvalue weighted by Crippen LogP contribution is 2.38. The summed E-state index contributed by atoms with van der Waals surface area (Å²) in [5, 5.41) is 4.76. The van der Waals surface area contributed by atoms with Gasteiger partial charge in [0.05, 0.1) is 15.6 Å². The Balaban J connectivity index is 2.20. The third-order valence-electron chi connectivity index (χ3n) is 2.93. The Morgan fingerprint density at radius 1 is 1.24 bits per heavy atom. The minimum atomic E-state index is 1.02. The molecule has 86 valence electrons. The van der Waals surface area contributed by atoms with Crippen LogP contribution in [0.4, 0.5) is 0 Å². The van der Waals surface area contributed by atoms with Gasteiger partial charge in [0, 0.05) is 10.1 Å². The summed E-state index contributed by atoms with van der Waals surface area (Å²) in [5.74, 6) is 0. The third-order valence-corrected chi connectivity index (χ3v) is 5.22. The molecule has 3 aromatic rings. The zero-order chi connectivity index (χ0) is 11.8. The van der Waals surface area contributed by atoms with Crippen LogP contribution in [0.25, 0.3) is 20.7 Å². The first-order chi connectivity index (χ1) is 8.29. The van der Waals surface area contributed by atoms with Gasteiger partial charge in [0.25, 0.3) is 0 Å². The quantitative estimate of drug-likeness (QED) is 0.638. The van der Waals surface area contributed by atoms with Crippen molar-refractivity contribution in [3.05, 3.63) is 40.2 Å². The van der Waals surface area contributed by atoms with E-state index in [-0.39, 0.29) is 0 Å². The van der Waals surface area contributed by atoms with Gasteiger partial charge >= 0.3 is 0 Å². The van der Waals surface area contributed by atoms with E-state index in [1.165, 1.54) is 25.5 Å². The number of thiazole rings is 1. The van der Waals surface area contributed by atoms with Gasteiger partial charge in [0.15, 0.2) is 0 Å². The van der Waals surface area contributed by atoms with E-state index in [0.29, 0.717) is 0 Å². The summed E-state index contributed by atoms with van der Waals surface area (Å²) in [5.41, 5.74) is 2.50. The summed E-state index contributed by atoms with van der Waals surface area (Å²) in [7, 11) is 0. The van der Waals surface area contributed by atoms with E-state index in [4.69, 9.17) is 0 Å². The lowest BCUT2D eigenvalue weighted by Gasteiger charge is -1.93. The summed E-state index contributed by atoms with van der Waals surface area (Å²) < 4.78 is 1.35. The molecular formula is C14H13NS2. The number of hydrogen-bond acceptors (Lipinski definition) is 3. The van der Waals surface area contributed by atoms with Crippen LogP contribution >= 0.6 is 22.7 Å². The van der Waals surface area contributed by atoms with Crippen molar-refractivity contribution < 1.29 is 0 Å². The van der Waals surface area contributed by atoms with Crippen LogP contribution in [-0.4, -0.2) is 4.98 Å². The molecule has 0 fully saturated rings. The highest BCUT2D eigenvalue weighted by molar-refractivity contribution is 7.22. The van der Waals surface area contributed by atoms with E-state index < -0.39 is 0 Å². The van der Waals surface area contributed by atoms with Crippen LogP contribution in [0.3, 0.4) is 0 Å². The van der Waals surface area contributed by atoms with Gasteiger partial charge in [-0.1, -0.05) is 25.1 Å². The molecule has 0 amide bonds. The molecule has 3 rings (SSSR count). The topological polar surface area (TPSA) is 12.9 Å². The fraction of sp³-hybridized carbons (Fsp3) is 0.214. The SMILES string of the molecule is CCc1nc(-c2sc3ccccc3c2C)cs1. The van der Waals surface area contributed by atoms with Gasteiger partial charge in [-0.15, -0.1) is 22.7 Å². The molecule has 3 heteroatoms. The predicted molar refractivity (Wildman–Crippen MR) is 77.0 cm³/mol. The summed E-state index contributed by atoms with van der Waals surface area (Å²) in [6.45, 7) is 4.35. The maximum atomic E-state index is 4.68. The number of nitrogens with zero attached hydrogens (tertiary/aromatic N) is 1. The Labute approximate surface area is 109 Å². The summed E-state index contributed by atoms with van der Waals surface area (Å²) >= 11 is 3.60. The second kappa shape index (κ2) is 4.24. The van der Waals surface area contributed by atoms with Crippen LogP contribution in [-0.2, 0) is 6.42 Å². The molecule has 0 aliphatic heterocycles. The zero-order valence-electron chi connectivity index (χ0n) is 9.86. The van der Waals surface area contributed by atoms with Crippen LogP contribution in [0.1, 0.15) is 17.5 Å². The first-order valence-corrected chi connectivity index (χ1v) is 7.42. The van der Waals surface area contributed by atoms with Crippen molar-refractivity contribution in [1.82, 2.24) is 4.98 Å². The van der Waals surface area contributed by atoms with E-state index in [9.17, 15) is 0 Å². The van der Waals surface area contributed by atoms with Crippen molar-refractivity contribution in [2.24, 2.45) is 0 Å². The molecule has 0 radical (unpaired) electrons. The number of aryl methyl sites for hydroxylation is 2. The molecule has 0 saturated heterocycles. The average molecular weight is 259 g/mol. The molecule has 17 heavy (non-hydrogen) atoms. The van der Waals surface area contributed by atoms with E-state index in [1.807, 2.05) is 11.3 Å². The molecule has 0 N–H and O–H groups in total. The Bertz CT molecular complexity index is 664. The van der Waals surface area contributed by atoms with E-state index >= 15 is 0 Å². The fourth-order valence-corrected chi connectivity index (χ4v) is 3.98. The highest BCUT2D eigenvalue weighted by Gasteiger charge is 2.12.